The number of aliphatic hydroxyl groups excluding tert-OH is 1. The molecule has 0 unspecified atom stereocenters. The number of hydrogen-bond acceptors (Lipinski definition) is 4. The second-order valence-corrected chi connectivity index (χ2v) is 8.19. The molecule has 1 aromatic heterocycles. The zero-order valence-corrected chi connectivity index (χ0v) is 15.1. The third-order valence-corrected chi connectivity index (χ3v) is 6.11. The van der Waals surface area contributed by atoms with Gasteiger partial charge in [-0.2, -0.15) is 0 Å². The lowest BCUT2D eigenvalue weighted by Gasteiger charge is -2.32. The Kier molecular flexibility index (Phi) is 6.51. The number of likely N-dealkylation sites (tertiary alicyclic amines) is 1. The number of piperidine rings is 1. The van der Waals surface area contributed by atoms with Crippen molar-refractivity contribution >= 4 is 17.4 Å². The topological polar surface area (TPSA) is 64.6 Å². The third-order valence-electron chi connectivity index (χ3n) is 5.25. The Balaban J connectivity index is 1.29. The minimum absolute atomic E-state index is 0.0441. The van der Waals surface area contributed by atoms with Crippen molar-refractivity contribution in [1.29, 1.82) is 0 Å². The van der Waals surface area contributed by atoms with Crippen LogP contribution in [0.25, 0.3) is 0 Å². The molecule has 2 fully saturated rings. The van der Waals surface area contributed by atoms with E-state index in [1.165, 1.54) is 4.88 Å². The van der Waals surface area contributed by atoms with Crippen molar-refractivity contribution in [2.45, 2.75) is 57.2 Å². The quantitative estimate of drug-likeness (QED) is 0.764. The van der Waals surface area contributed by atoms with Gasteiger partial charge in [-0.1, -0.05) is 6.07 Å². The number of hydrogen-bond donors (Lipinski definition) is 3. The number of rotatable bonds is 5. The largest absolute Gasteiger partial charge is 0.393 e. The van der Waals surface area contributed by atoms with Crippen LogP contribution in [-0.2, 0) is 6.54 Å². The molecular weight excluding hydrogens is 322 g/mol. The zero-order valence-electron chi connectivity index (χ0n) is 14.2. The lowest BCUT2D eigenvalue weighted by Crippen LogP contribution is -2.46. The number of nitrogens with one attached hydrogen (secondary N) is 2. The monoisotopic (exact) mass is 351 g/mol. The lowest BCUT2D eigenvalue weighted by molar-refractivity contribution is 0.117. The molecule has 0 bridgehead atoms. The first-order chi connectivity index (χ1) is 11.7. The predicted octanol–water partition coefficient (Wildman–Crippen LogP) is 2.56. The SMILES string of the molecule is O=C(NCC1CCN(Cc2cccs2)CC1)NC1CCC(O)CC1. The van der Waals surface area contributed by atoms with Crippen molar-refractivity contribution in [1.82, 2.24) is 15.5 Å². The predicted molar refractivity (Wildman–Crippen MR) is 97.1 cm³/mol. The molecule has 1 aromatic rings. The highest BCUT2D eigenvalue weighted by atomic mass is 32.1. The van der Waals surface area contributed by atoms with Gasteiger partial charge in [-0.3, -0.25) is 4.90 Å². The summed E-state index contributed by atoms with van der Waals surface area (Å²) in [6, 6.07) is 4.49. The molecule has 1 aliphatic carbocycles. The maximum absolute atomic E-state index is 12.0. The molecular formula is C18H29N3O2S. The van der Waals surface area contributed by atoms with E-state index in [-0.39, 0.29) is 18.2 Å². The Labute approximate surface area is 148 Å². The van der Waals surface area contributed by atoms with E-state index in [2.05, 4.69) is 33.0 Å². The highest BCUT2D eigenvalue weighted by Gasteiger charge is 2.22. The van der Waals surface area contributed by atoms with Crippen LogP contribution in [0.2, 0.25) is 0 Å². The summed E-state index contributed by atoms with van der Waals surface area (Å²) in [4.78, 5) is 16.0. The molecule has 1 aliphatic heterocycles. The summed E-state index contributed by atoms with van der Waals surface area (Å²) >= 11 is 1.83. The fraction of sp³-hybridized carbons (Fsp3) is 0.722. The Morgan fingerprint density at radius 2 is 1.96 bits per heavy atom. The van der Waals surface area contributed by atoms with Gasteiger partial charge >= 0.3 is 6.03 Å². The normalized spacial score (nSPS) is 26.2. The van der Waals surface area contributed by atoms with Crippen LogP contribution >= 0.6 is 11.3 Å². The van der Waals surface area contributed by atoms with Crippen LogP contribution in [0.3, 0.4) is 0 Å². The van der Waals surface area contributed by atoms with Crippen LogP contribution < -0.4 is 10.6 Å². The van der Waals surface area contributed by atoms with Crippen LogP contribution in [0.1, 0.15) is 43.4 Å². The lowest BCUT2D eigenvalue weighted by atomic mass is 9.93. The summed E-state index contributed by atoms with van der Waals surface area (Å²) in [5.74, 6) is 0.587. The number of carbonyl (C=O) groups excluding carboxylic acids is 1. The van der Waals surface area contributed by atoms with E-state index in [1.807, 2.05) is 11.3 Å². The van der Waals surface area contributed by atoms with E-state index in [1.54, 1.807) is 0 Å². The molecule has 0 radical (unpaired) electrons. The molecule has 2 amide bonds. The number of aliphatic hydroxyl groups is 1. The van der Waals surface area contributed by atoms with Gasteiger partial charge in [-0.25, -0.2) is 4.79 Å². The van der Waals surface area contributed by atoms with Gasteiger partial charge in [0.1, 0.15) is 0 Å². The first-order valence-electron chi connectivity index (χ1n) is 9.16. The Hall–Kier alpha value is -1.11. The average molecular weight is 352 g/mol. The van der Waals surface area contributed by atoms with Crippen molar-refractivity contribution in [3.8, 4) is 0 Å². The van der Waals surface area contributed by atoms with E-state index in [0.29, 0.717) is 5.92 Å². The summed E-state index contributed by atoms with van der Waals surface area (Å²) in [5.41, 5.74) is 0. The molecule has 0 aromatic carbocycles. The van der Waals surface area contributed by atoms with Crippen molar-refractivity contribution in [3.05, 3.63) is 22.4 Å². The number of carbonyl (C=O) groups is 1. The number of nitrogens with zero attached hydrogens (tertiary/aromatic N) is 1. The van der Waals surface area contributed by atoms with E-state index < -0.39 is 0 Å². The molecule has 24 heavy (non-hydrogen) atoms. The second-order valence-electron chi connectivity index (χ2n) is 7.16. The van der Waals surface area contributed by atoms with Gasteiger partial charge in [0.15, 0.2) is 0 Å². The number of urea groups is 1. The first-order valence-corrected chi connectivity index (χ1v) is 10.0. The zero-order chi connectivity index (χ0) is 16.8. The third kappa shape index (κ3) is 5.46. The Bertz CT molecular complexity index is 492. The summed E-state index contributed by atoms with van der Waals surface area (Å²) in [6.45, 7) is 4.07. The molecule has 0 atom stereocenters. The highest BCUT2D eigenvalue weighted by Crippen LogP contribution is 2.20. The van der Waals surface area contributed by atoms with Gasteiger partial charge in [0.05, 0.1) is 6.10 Å². The molecule has 6 heteroatoms. The molecule has 3 N–H and O–H groups in total. The van der Waals surface area contributed by atoms with Gasteiger partial charge in [-0.05, 0) is 69.0 Å². The summed E-state index contributed by atoms with van der Waals surface area (Å²) in [5, 5.41) is 17.7. The van der Waals surface area contributed by atoms with Gasteiger partial charge in [0, 0.05) is 24.0 Å². The van der Waals surface area contributed by atoms with Crippen LogP contribution in [0.4, 0.5) is 4.79 Å². The highest BCUT2D eigenvalue weighted by molar-refractivity contribution is 7.09. The summed E-state index contributed by atoms with van der Waals surface area (Å²) in [7, 11) is 0. The maximum Gasteiger partial charge on any atom is 0.315 e. The fourth-order valence-corrected chi connectivity index (χ4v) is 4.41. The molecule has 0 spiro atoms. The average Bonchev–Trinajstić information content (AvgIpc) is 3.09. The number of thiophene rings is 1. The molecule has 134 valence electrons. The maximum atomic E-state index is 12.0. The van der Waals surface area contributed by atoms with Crippen LogP contribution in [0, 0.1) is 5.92 Å². The summed E-state index contributed by atoms with van der Waals surface area (Å²) < 4.78 is 0. The fourth-order valence-electron chi connectivity index (χ4n) is 3.67. The molecule has 1 saturated carbocycles. The van der Waals surface area contributed by atoms with Gasteiger partial charge < -0.3 is 15.7 Å². The minimum Gasteiger partial charge on any atom is -0.393 e. The van der Waals surface area contributed by atoms with Crippen molar-refractivity contribution < 1.29 is 9.90 Å². The van der Waals surface area contributed by atoms with Gasteiger partial charge in [-0.15, -0.1) is 11.3 Å². The van der Waals surface area contributed by atoms with Gasteiger partial charge in [0.25, 0.3) is 0 Å². The molecule has 2 aliphatic rings. The van der Waals surface area contributed by atoms with E-state index in [0.717, 1.165) is 64.7 Å². The van der Waals surface area contributed by atoms with E-state index in [4.69, 9.17) is 0 Å². The standard InChI is InChI=1S/C18H29N3O2S/c22-16-5-3-15(4-6-16)20-18(23)19-12-14-7-9-21(10-8-14)13-17-2-1-11-24-17/h1-2,11,14-16,22H,3-10,12-13H2,(H2,19,20,23). The van der Waals surface area contributed by atoms with E-state index >= 15 is 0 Å². The Morgan fingerprint density at radius 3 is 2.62 bits per heavy atom. The summed E-state index contributed by atoms with van der Waals surface area (Å²) in [6.07, 6.45) is 5.50. The van der Waals surface area contributed by atoms with Crippen LogP contribution in [0.15, 0.2) is 17.5 Å². The first kappa shape index (κ1) is 17.7. The molecule has 1 saturated heterocycles. The van der Waals surface area contributed by atoms with Crippen LogP contribution in [0.5, 0.6) is 0 Å². The van der Waals surface area contributed by atoms with Gasteiger partial charge in [0.2, 0.25) is 0 Å². The Morgan fingerprint density at radius 1 is 1.21 bits per heavy atom. The second kappa shape index (κ2) is 8.83. The van der Waals surface area contributed by atoms with E-state index in [9.17, 15) is 9.90 Å². The molecule has 5 nitrogen and oxygen atoms in total. The minimum atomic E-state index is -0.175. The van der Waals surface area contributed by atoms with Crippen LogP contribution in [-0.4, -0.2) is 47.8 Å². The smallest absolute Gasteiger partial charge is 0.315 e. The number of amides is 2. The molecule has 3 rings (SSSR count). The molecule has 2 heterocycles. The van der Waals surface area contributed by atoms with Crippen molar-refractivity contribution in [2.24, 2.45) is 5.92 Å². The van der Waals surface area contributed by atoms with Crippen molar-refractivity contribution in [2.75, 3.05) is 19.6 Å². The van der Waals surface area contributed by atoms with Crippen molar-refractivity contribution in [3.63, 3.8) is 0 Å².